The van der Waals surface area contributed by atoms with E-state index in [1.54, 1.807) is 0 Å². The molecule has 228 valence electrons. The van der Waals surface area contributed by atoms with Gasteiger partial charge in [0.25, 0.3) is 10.1 Å². The van der Waals surface area contributed by atoms with E-state index in [-0.39, 0.29) is 12.0 Å². The predicted octanol–water partition coefficient (Wildman–Crippen LogP) is 5.34. The number of halogens is 11. The molecular weight excluding hydrogens is 1160 g/mol. The molecule has 1 heterocycles. The quantitative estimate of drug-likeness (QED) is 0.0764. The lowest BCUT2D eigenvalue weighted by Crippen LogP contribution is -2.64. The first-order valence-electron chi connectivity index (χ1n) is 10.8. The van der Waals surface area contributed by atoms with Crippen molar-refractivity contribution in [1.82, 2.24) is 0 Å². The molecule has 2 saturated carbocycles. The molecule has 0 spiro atoms. The van der Waals surface area contributed by atoms with Gasteiger partial charge in [-0.2, -0.15) is 34.8 Å². The average molecular weight is 1180 g/mol. The zero-order valence-corrected chi connectivity index (χ0v) is 30.8. The summed E-state index contributed by atoms with van der Waals surface area (Å²) in [5.74, 6) is -12.9. The predicted molar refractivity (Wildman–Crippen MR) is 165 cm³/mol. The summed E-state index contributed by atoms with van der Waals surface area (Å²) in [5.41, 5.74) is -5.51. The molecule has 2 bridgehead atoms. The van der Waals surface area contributed by atoms with E-state index in [4.69, 9.17) is 14.0 Å². The first-order chi connectivity index (χ1) is 18.5. The number of rotatable bonds is 6. The van der Waals surface area contributed by atoms with Crippen LogP contribution in [0.2, 0.25) is 0 Å². The number of esters is 3. The Labute approximate surface area is 294 Å². The molecule has 3 aliphatic rings. The number of hydrogen-bond acceptors (Lipinski definition) is 8. The van der Waals surface area contributed by atoms with Crippen LogP contribution >= 0.6 is 113 Å². The van der Waals surface area contributed by atoms with Crippen LogP contribution in [0.25, 0.3) is 0 Å². The fourth-order valence-electron chi connectivity index (χ4n) is 5.40. The van der Waals surface area contributed by atoms with Crippen molar-refractivity contribution in [3.05, 3.63) is 23.4 Å². The molecule has 1 N–H and O–H groups in total. The van der Waals surface area contributed by atoms with Crippen molar-refractivity contribution < 1.29 is 67.9 Å². The first kappa shape index (κ1) is 34.6. The number of fused-ring (bicyclic) bond motifs is 1. The van der Waals surface area contributed by atoms with Crippen LogP contribution in [0, 0.1) is 41.5 Å². The lowest BCUT2D eigenvalue weighted by Gasteiger charge is -2.38. The van der Waals surface area contributed by atoms with Gasteiger partial charge in [-0.15, -0.1) is 0 Å². The second-order valence-electron chi connectivity index (χ2n) is 9.30. The van der Waals surface area contributed by atoms with Crippen molar-refractivity contribution in [2.75, 3.05) is 5.75 Å². The van der Waals surface area contributed by atoms with Gasteiger partial charge in [0.05, 0.1) is 17.4 Å². The molecule has 1 aromatic rings. The van der Waals surface area contributed by atoms with Crippen LogP contribution in [0.4, 0.5) is 26.3 Å². The van der Waals surface area contributed by atoms with Gasteiger partial charge in [0.2, 0.25) is 0 Å². The molecular formula is C20H11F6I5O9S. The van der Waals surface area contributed by atoms with E-state index in [1.165, 1.54) is 0 Å². The minimum Gasteiger partial charge on any atom is -0.458 e. The van der Waals surface area contributed by atoms with Crippen LogP contribution in [-0.4, -0.2) is 66.8 Å². The smallest absolute Gasteiger partial charge is 0.438 e. The van der Waals surface area contributed by atoms with E-state index >= 15 is 0 Å². The molecule has 1 saturated heterocycles. The number of ether oxygens (including phenoxy) is 3. The zero-order valence-electron chi connectivity index (χ0n) is 19.2. The Morgan fingerprint density at radius 3 is 1.85 bits per heavy atom. The van der Waals surface area contributed by atoms with Crippen molar-refractivity contribution >= 4 is 141 Å². The maximum absolute atomic E-state index is 13.8. The lowest BCUT2D eigenvalue weighted by atomic mass is 9.78. The number of alkyl halides is 6. The maximum Gasteiger partial charge on any atom is 0.438 e. The highest BCUT2D eigenvalue weighted by Gasteiger charge is 2.77. The summed E-state index contributed by atoms with van der Waals surface area (Å²) in [6, 6.07) is 0. The standard InChI is InChI=1S/C20H11F6I5O9S/c21-19(22,23)18(20(24,25)26,2-41(35,36)37)40-17(34)6-4-1-3-5(6)15(32)38-13(3)14(4)39-16(33)7-8(27)10(29)12(31)11(30)9(7)28/h3-6,13-14H,1-2H2,(H,35,36,37). The van der Waals surface area contributed by atoms with Crippen molar-refractivity contribution in [2.45, 2.75) is 36.6 Å². The molecule has 3 fully saturated rings. The third kappa shape index (κ3) is 5.92. The summed E-state index contributed by atoms with van der Waals surface area (Å²) in [7, 11) is -6.01. The van der Waals surface area contributed by atoms with Crippen LogP contribution in [0.5, 0.6) is 0 Å². The molecule has 1 aliphatic heterocycles. The number of carbonyl (C=O) groups excluding carboxylic acids is 3. The third-order valence-electron chi connectivity index (χ3n) is 7.05. The van der Waals surface area contributed by atoms with Crippen molar-refractivity contribution in [2.24, 2.45) is 23.7 Å². The summed E-state index contributed by atoms with van der Waals surface area (Å²) < 4.78 is 132. The summed E-state index contributed by atoms with van der Waals surface area (Å²) in [5, 5.41) is 0. The molecule has 0 aromatic heterocycles. The van der Waals surface area contributed by atoms with E-state index in [9.17, 15) is 49.1 Å². The van der Waals surface area contributed by atoms with Crippen molar-refractivity contribution in [1.29, 1.82) is 0 Å². The molecule has 6 atom stereocenters. The molecule has 9 nitrogen and oxygen atoms in total. The van der Waals surface area contributed by atoms with E-state index in [1.807, 2.05) is 90.4 Å². The van der Waals surface area contributed by atoms with Gasteiger partial charge < -0.3 is 14.2 Å². The van der Waals surface area contributed by atoms with Crippen LogP contribution < -0.4 is 0 Å². The Kier molecular flexibility index (Phi) is 9.75. The lowest BCUT2D eigenvalue weighted by molar-refractivity contribution is -0.362. The Morgan fingerprint density at radius 1 is 0.902 bits per heavy atom. The van der Waals surface area contributed by atoms with Gasteiger partial charge in [-0.1, -0.05) is 0 Å². The summed E-state index contributed by atoms with van der Waals surface area (Å²) >= 11 is 9.94. The number of carbonyl (C=O) groups is 3. The van der Waals surface area contributed by atoms with Gasteiger partial charge in [0.1, 0.15) is 18.0 Å². The topological polar surface area (TPSA) is 133 Å². The van der Waals surface area contributed by atoms with E-state index in [0.29, 0.717) is 7.14 Å². The maximum atomic E-state index is 13.8. The summed E-state index contributed by atoms with van der Waals surface area (Å²) in [6.07, 6.45) is -15.7. The van der Waals surface area contributed by atoms with Crippen molar-refractivity contribution in [3.63, 3.8) is 0 Å². The molecule has 0 amide bonds. The molecule has 1 aromatic carbocycles. The molecule has 2 aliphatic carbocycles. The van der Waals surface area contributed by atoms with E-state index in [2.05, 4.69) is 27.3 Å². The summed E-state index contributed by atoms with van der Waals surface area (Å²) in [4.78, 5) is 39.0. The highest BCUT2D eigenvalue weighted by atomic mass is 127. The normalized spacial score (nSPS) is 27.7. The van der Waals surface area contributed by atoms with E-state index < -0.39 is 87.6 Å². The van der Waals surface area contributed by atoms with Crippen LogP contribution in [0.15, 0.2) is 0 Å². The number of benzene rings is 1. The highest BCUT2D eigenvalue weighted by Crippen LogP contribution is 2.60. The number of hydrogen-bond donors (Lipinski definition) is 1. The second-order valence-corrected chi connectivity index (χ2v) is 16.1. The van der Waals surface area contributed by atoms with Crippen LogP contribution in [0.3, 0.4) is 0 Å². The Morgan fingerprint density at radius 2 is 1.39 bits per heavy atom. The first-order valence-corrected chi connectivity index (χ1v) is 17.8. The zero-order chi connectivity index (χ0) is 31.2. The Balaban J connectivity index is 1.70. The molecule has 0 radical (unpaired) electrons. The highest BCUT2D eigenvalue weighted by molar-refractivity contribution is 14.1. The van der Waals surface area contributed by atoms with Gasteiger partial charge in [-0.3, -0.25) is 14.1 Å². The fraction of sp³-hybridized carbons (Fsp3) is 0.550. The third-order valence-corrected chi connectivity index (χ3v) is 17.3. The Bertz CT molecular complexity index is 1410. The minimum absolute atomic E-state index is 0.127. The fourth-order valence-corrected chi connectivity index (χ4v) is 11.5. The van der Waals surface area contributed by atoms with Gasteiger partial charge in [-0.25, -0.2) is 4.79 Å². The summed E-state index contributed by atoms with van der Waals surface area (Å²) in [6.45, 7) is 0. The van der Waals surface area contributed by atoms with Crippen molar-refractivity contribution in [3.8, 4) is 0 Å². The monoisotopic (exact) mass is 1180 g/mol. The van der Waals surface area contributed by atoms with Gasteiger partial charge in [-0.05, 0) is 119 Å². The average Bonchev–Trinajstić information content (AvgIpc) is 3.42. The van der Waals surface area contributed by atoms with Gasteiger partial charge in [0, 0.05) is 29.7 Å². The molecule has 41 heavy (non-hydrogen) atoms. The van der Waals surface area contributed by atoms with Crippen LogP contribution in [0.1, 0.15) is 16.8 Å². The molecule has 4 rings (SSSR count). The second kappa shape index (κ2) is 11.5. The van der Waals surface area contributed by atoms with Crippen LogP contribution in [-0.2, 0) is 33.9 Å². The van der Waals surface area contributed by atoms with Gasteiger partial charge >= 0.3 is 35.9 Å². The minimum atomic E-state index is -6.54. The van der Waals surface area contributed by atoms with Gasteiger partial charge in [0.15, 0.2) is 0 Å². The largest absolute Gasteiger partial charge is 0.458 e. The Hall–Kier alpha value is 0.770. The SMILES string of the molecule is O=C(OC1C2CC3C1OC(=O)C3C2C(=O)OC(CS(=O)(=O)O)(C(F)(F)F)C(F)(F)F)c1c(I)c(I)c(I)c(I)c1I. The molecule has 21 heteroatoms. The van der Waals surface area contributed by atoms with E-state index in [0.717, 1.165) is 10.7 Å². The molecule has 6 unspecified atom stereocenters.